The lowest BCUT2D eigenvalue weighted by Gasteiger charge is -2.12. The molecule has 0 atom stereocenters. The molecule has 1 aromatic heterocycles. The monoisotopic (exact) mass is 258 g/mol. The van der Waals surface area contributed by atoms with Gasteiger partial charge in [0, 0.05) is 6.20 Å². The van der Waals surface area contributed by atoms with Gasteiger partial charge in [0.2, 0.25) is 0 Å². The van der Waals surface area contributed by atoms with E-state index in [-0.39, 0.29) is 0 Å². The van der Waals surface area contributed by atoms with Crippen molar-refractivity contribution in [3.8, 4) is 5.75 Å². The van der Waals surface area contributed by atoms with Crippen molar-refractivity contribution >= 4 is 11.5 Å². The van der Waals surface area contributed by atoms with E-state index in [0.717, 1.165) is 17.9 Å². The number of benzene rings is 1. The first kappa shape index (κ1) is 13.3. The Bertz CT molecular complexity index is 557. The topological polar surface area (TPSA) is 73.1 Å². The molecule has 100 valence electrons. The van der Waals surface area contributed by atoms with E-state index in [0.29, 0.717) is 18.2 Å². The summed E-state index contributed by atoms with van der Waals surface area (Å²) < 4.78 is 5.34. The first-order valence-electron chi connectivity index (χ1n) is 6.22. The van der Waals surface area contributed by atoms with Crippen LogP contribution in [0.2, 0.25) is 0 Å². The van der Waals surface area contributed by atoms with E-state index in [1.54, 1.807) is 19.4 Å². The fourth-order valence-electron chi connectivity index (χ4n) is 1.78. The fourth-order valence-corrected chi connectivity index (χ4v) is 1.78. The number of nitrogens with two attached hydrogens (primary N) is 1. The number of methoxy groups -OCH3 is 1. The number of hydrogen-bond donors (Lipinski definition) is 2. The number of aromatic nitrogens is 2. The number of hydrogen-bond acceptors (Lipinski definition) is 5. The highest BCUT2D eigenvalue weighted by atomic mass is 16.5. The van der Waals surface area contributed by atoms with Crippen LogP contribution in [0.15, 0.2) is 30.5 Å². The van der Waals surface area contributed by atoms with Crippen molar-refractivity contribution in [1.29, 1.82) is 0 Å². The molecule has 5 heteroatoms. The summed E-state index contributed by atoms with van der Waals surface area (Å²) in [6, 6.07) is 7.86. The molecule has 0 spiro atoms. The molecular formula is C14H18N4O. The fraction of sp³-hybridized carbons (Fsp3) is 0.286. The number of nitrogens with zero attached hydrogens (tertiary/aromatic N) is 2. The Kier molecular flexibility index (Phi) is 4.30. The van der Waals surface area contributed by atoms with Crippen LogP contribution in [0.4, 0.5) is 11.5 Å². The zero-order chi connectivity index (χ0) is 13.7. The first-order valence-corrected chi connectivity index (χ1v) is 6.22. The third-order valence-electron chi connectivity index (χ3n) is 2.82. The number of rotatable bonds is 5. The third-order valence-corrected chi connectivity index (χ3v) is 2.82. The largest absolute Gasteiger partial charge is 0.495 e. The number of anilines is 2. The average molecular weight is 258 g/mol. The Morgan fingerprint density at radius 3 is 2.84 bits per heavy atom. The lowest BCUT2D eigenvalue weighted by atomic mass is 10.1. The van der Waals surface area contributed by atoms with E-state index in [4.69, 9.17) is 10.5 Å². The average Bonchev–Trinajstić information content (AvgIpc) is 2.47. The summed E-state index contributed by atoms with van der Waals surface area (Å²) in [6.45, 7) is 2.43. The van der Waals surface area contributed by atoms with Crippen molar-refractivity contribution in [1.82, 2.24) is 9.97 Å². The van der Waals surface area contributed by atoms with Gasteiger partial charge in [-0.05, 0) is 30.2 Å². The van der Waals surface area contributed by atoms with Gasteiger partial charge in [-0.15, -0.1) is 0 Å². The zero-order valence-electron chi connectivity index (χ0n) is 11.2. The van der Waals surface area contributed by atoms with Gasteiger partial charge in [-0.3, -0.25) is 0 Å². The molecular weight excluding hydrogens is 240 g/mol. The van der Waals surface area contributed by atoms with Gasteiger partial charge in [0.15, 0.2) is 0 Å². The van der Waals surface area contributed by atoms with Gasteiger partial charge >= 0.3 is 0 Å². The van der Waals surface area contributed by atoms with Crippen LogP contribution in [0.5, 0.6) is 5.75 Å². The lowest BCUT2D eigenvalue weighted by Crippen LogP contribution is -2.05. The summed E-state index contributed by atoms with van der Waals surface area (Å²) in [6.07, 6.45) is 2.66. The molecule has 3 N–H and O–H groups in total. The van der Waals surface area contributed by atoms with Crippen LogP contribution in [-0.2, 0) is 13.0 Å². The predicted molar refractivity (Wildman–Crippen MR) is 75.6 cm³/mol. The number of nitrogens with one attached hydrogen (secondary N) is 1. The molecule has 2 rings (SSSR count). The molecule has 0 saturated carbocycles. The standard InChI is InChI=1S/C14H18N4O/c1-3-10-4-5-12(19-2)11(8-10)17-13-6-7-16-14(9-15)18-13/h4-8H,3,9,15H2,1-2H3,(H,16,17,18). The summed E-state index contributed by atoms with van der Waals surface area (Å²) in [4.78, 5) is 8.38. The van der Waals surface area contributed by atoms with Crippen LogP contribution in [0.1, 0.15) is 18.3 Å². The minimum atomic E-state index is 0.321. The maximum absolute atomic E-state index is 5.54. The molecule has 0 amide bonds. The van der Waals surface area contributed by atoms with Crippen LogP contribution in [0, 0.1) is 0 Å². The Hall–Kier alpha value is -2.14. The Balaban J connectivity index is 2.30. The molecule has 0 aliphatic carbocycles. The van der Waals surface area contributed by atoms with E-state index >= 15 is 0 Å². The van der Waals surface area contributed by atoms with Gasteiger partial charge in [-0.2, -0.15) is 0 Å². The second-order valence-corrected chi connectivity index (χ2v) is 4.08. The SMILES string of the molecule is CCc1ccc(OC)c(Nc2ccnc(CN)n2)c1. The Labute approximate surface area is 112 Å². The van der Waals surface area contributed by atoms with Gasteiger partial charge in [-0.25, -0.2) is 9.97 Å². The first-order chi connectivity index (χ1) is 9.26. The van der Waals surface area contributed by atoms with Gasteiger partial charge in [0.05, 0.1) is 19.3 Å². The Morgan fingerprint density at radius 2 is 2.16 bits per heavy atom. The van der Waals surface area contributed by atoms with Crippen molar-refractivity contribution in [3.05, 3.63) is 41.9 Å². The molecule has 0 aliphatic heterocycles. The van der Waals surface area contributed by atoms with E-state index in [2.05, 4.69) is 34.3 Å². The maximum Gasteiger partial charge on any atom is 0.144 e. The van der Waals surface area contributed by atoms with Crippen molar-refractivity contribution in [2.24, 2.45) is 5.73 Å². The summed E-state index contributed by atoms with van der Waals surface area (Å²) in [5.41, 5.74) is 7.66. The molecule has 0 aliphatic rings. The van der Waals surface area contributed by atoms with Crippen LogP contribution in [0.3, 0.4) is 0 Å². The molecule has 0 fully saturated rings. The van der Waals surface area contributed by atoms with E-state index in [1.165, 1.54) is 5.56 Å². The minimum Gasteiger partial charge on any atom is -0.495 e. The molecule has 0 radical (unpaired) electrons. The molecule has 5 nitrogen and oxygen atoms in total. The molecule has 1 heterocycles. The van der Waals surface area contributed by atoms with E-state index < -0.39 is 0 Å². The van der Waals surface area contributed by atoms with Crippen LogP contribution >= 0.6 is 0 Å². The minimum absolute atomic E-state index is 0.321. The van der Waals surface area contributed by atoms with Crippen molar-refractivity contribution in [2.75, 3.05) is 12.4 Å². The highest BCUT2D eigenvalue weighted by molar-refractivity contribution is 5.65. The van der Waals surface area contributed by atoms with Crippen molar-refractivity contribution in [2.45, 2.75) is 19.9 Å². The summed E-state index contributed by atoms with van der Waals surface area (Å²) in [5, 5.41) is 3.24. The van der Waals surface area contributed by atoms with E-state index in [9.17, 15) is 0 Å². The normalized spacial score (nSPS) is 10.3. The predicted octanol–water partition coefficient (Wildman–Crippen LogP) is 2.25. The highest BCUT2D eigenvalue weighted by Gasteiger charge is 2.05. The van der Waals surface area contributed by atoms with Gasteiger partial charge in [0.1, 0.15) is 17.4 Å². The lowest BCUT2D eigenvalue weighted by molar-refractivity contribution is 0.416. The van der Waals surface area contributed by atoms with Gasteiger partial charge in [-0.1, -0.05) is 13.0 Å². The molecule has 0 saturated heterocycles. The second kappa shape index (κ2) is 6.15. The van der Waals surface area contributed by atoms with Crippen LogP contribution in [-0.4, -0.2) is 17.1 Å². The van der Waals surface area contributed by atoms with Gasteiger partial charge < -0.3 is 15.8 Å². The molecule has 0 bridgehead atoms. The van der Waals surface area contributed by atoms with Crippen LogP contribution in [0.25, 0.3) is 0 Å². The summed E-state index contributed by atoms with van der Waals surface area (Å²) in [5.74, 6) is 2.10. The molecule has 2 aromatic rings. The maximum atomic E-state index is 5.54. The molecule has 19 heavy (non-hydrogen) atoms. The summed E-state index contributed by atoms with van der Waals surface area (Å²) in [7, 11) is 1.65. The number of aryl methyl sites for hydroxylation is 1. The summed E-state index contributed by atoms with van der Waals surface area (Å²) >= 11 is 0. The second-order valence-electron chi connectivity index (χ2n) is 4.08. The van der Waals surface area contributed by atoms with Crippen molar-refractivity contribution < 1.29 is 4.74 Å². The Morgan fingerprint density at radius 1 is 1.32 bits per heavy atom. The van der Waals surface area contributed by atoms with Crippen LogP contribution < -0.4 is 15.8 Å². The van der Waals surface area contributed by atoms with E-state index in [1.807, 2.05) is 6.07 Å². The smallest absolute Gasteiger partial charge is 0.144 e. The quantitative estimate of drug-likeness (QED) is 0.860. The number of ether oxygens (including phenoxy) is 1. The molecule has 0 unspecified atom stereocenters. The highest BCUT2D eigenvalue weighted by Crippen LogP contribution is 2.28. The third kappa shape index (κ3) is 3.20. The molecule has 1 aromatic carbocycles. The van der Waals surface area contributed by atoms with Gasteiger partial charge in [0.25, 0.3) is 0 Å². The zero-order valence-corrected chi connectivity index (χ0v) is 11.2. The van der Waals surface area contributed by atoms with Crippen molar-refractivity contribution in [3.63, 3.8) is 0 Å².